The van der Waals surface area contributed by atoms with E-state index in [1.54, 1.807) is 0 Å². The maximum atomic E-state index is 11.6. The number of carbonyl (C=O) groups excluding carboxylic acids is 2. The van der Waals surface area contributed by atoms with Crippen LogP contribution in [0, 0.1) is 22.7 Å². The molecule has 122 valence electrons. The van der Waals surface area contributed by atoms with Crippen LogP contribution in [0.3, 0.4) is 0 Å². The second-order valence-electron chi connectivity index (χ2n) is 6.96. The van der Waals surface area contributed by atoms with Crippen molar-refractivity contribution in [3.05, 3.63) is 24.3 Å². The summed E-state index contributed by atoms with van der Waals surface area (Å²) in [6.07, 6.45) is 0. The van der Waals surface area contributed by atoms with Crippen molar-refractivity contribution in [3.8, 4) is 11.8 Å². The minimum Gasteiger partial charge on any atom is -0.449 e. The normalized spacial score (nSPS) is 11.0. The summed E-state index contributed by atoms with van der Waals surface area (Å²) in [4.78, 5) is 23.3. The van der Waals surface area contributed by atoms with Crippen LogP contribution in [0.15, 0.2) is 24.3 Å². The lowest BCUT2D eigenvalue weighted by atomic mass is 9.88. The van der Waals surface area contributed by atoms with Gasteiger partial charge in [0.2, 0.25) is 0 Å². The number of esters is 2. The first-order valence-corrected chi connectivity index (χ1v) is 7.06. The van der Waals surface area contributed by atoms with Gasteiger partial charge in [0.15, 0.2) is 13.2 Å². The van der Waals surface area contributed by atoms with Gasteiger partial charge < -0.3 is 9.47 Å². The summed E-state index contributed by atoms with van der Waals surface area (Å²) >= 11 is 0. The largest absolute Gasteiger partial charge is 0.449 e. The van der Waals surface area contributed by atoms with Gasteiger partial charge in [0.25, 0.3) is 0 Å². The average molecular weight is 306 g/mol. The van der Waals surface area contributed by atoms with Gasteiger partial charge in [-0.25, -0.2) is 9.59 Å². The molecular formula is C18H26O4. The molecule has 0 saturated heterocycles. The topological polar surface area (TPSA) is 52.6 Å². The Morgan fingerprint density at radius 1 is 0.773 bits per heavy atom. The van der Waals surface area contributed by atoms with Gasteiger partial charge in [0.1, 0.15) is 0 Å². The quantitative estimate of drug-likeness (QED) is 0.454. The fourth-order valence-corrected chi connectivity index (χ4v) is 1.09. The molecule has 0 aliphatic carbocycles. The predicted molar refractivity (Wildman–Crippen MR) is 86.9 cm³/mol. The van der Waals surface area contributed by atoms with Gasteiger partial charge in [-0.2, -0.15) is 0 Å². The van der Waals surface area contributed by atoms with Gasteiger partial charge in [0.05, 0.1) is 0 Å². The average Bonchev–Trinajstić information content (AvgIpc) is 2.38. The van der Waals surface area contributed by atoms with E-state index >= 15 is 0 Å². The molecule has 0 fully saturated rings. The Morgan fingerprint density at radius 2 is 1.05 bits per heavy atom. The van der Waals surface area contributed by atoms with Crippen LogP contribution in [0.2, 0.25) is 0 Å². The first-order chi connectivity index (χ1) is 9.87. The van der Waals surface area contributed by atoms with E-state index in [9.17, 15) is 9.59 Å². The molecule has 0 amide bonds. The third-order valence-electron chi connectivity index (χ3n) is 2.98. The highest BCUT2D eigenvalue weighted by atomic mass is 16.5. The van der Waals surface area contributed by atoms with E-state index in [1.165, 1.54) is 0 Å². The van der Waals surface area contributed by atoms with Crippen LogP contribution in [0.1, 0.15) is 41.5 Å². The lowest BCUT2D eigenvalue weighted by Crippen LogP contribution is -2.19. The van der Waals surface area contributed by atoms with E-state index in [2.05, 4.69) is 25.0 Å². The maximum Gasteiger partial charge on any atom is 0.334 e. The van der Waals surface area contributed by atoms with Gasteiger partial charge >= 0.3 is 11.9 Å². The van der Waals surface area contributed by atoms with Crippen LogP contribution in [0.25, 0.3) is 0 Å². The predicted octanol–water partition coefficient (Wildman–Crippen LogP) is 3.28. The van der Waals surface area contributed by atoms with Crippen LogP contribution in [-0.4, -0.2) is 25.2 Å². The molecular weight excluding hydrogens is 280 g/mol. The smallest absolute Gasteiger partial charge is 0.334 e. The summed E-state index contributed by atoms with van der Waals surface area (Å²) in [5.74, 6) is 4.28. The molecule has 4 nitrogen and oxygen atoms in total. The summed E-state index contributed by atoms with van der Waals surface area (Å²) in [5, 5.41) is 0. The summed E-state index contributed by atoms with van der Waals surface area (Å²) in [6.45, 7) is 18.6. The van der Waals surface area contributed by atoms with E-state index in [0.717, 1.165) is 0 Å². The van der Waals surface area contributed by atoms with Crippen molar-refractivity contribution in [1.29, 1.82) is 0 Å². The Morgan fingerprint density at radius 3 is 1.27 bits per heavy atom. The zero-order chi connectivity index (χ0) is 17.6. The third kappa shape index (κ3) is 7.12. The molecule has 0 saturated carbocycles. The van der Waals surface area contributed by atoms with Crippen LogP contribution in [0.5, 0.6) is 0 Å². The van der Waals surface area contributed by atoms with Crippen LogP contribution in [-0.2, 0) is 19.1 Å². The molecule has 0 aromatic rings. The summed E-state index contributed by atoms with van der Waals surface area (Å²) < 4.78 is 9.94. The van der Waals surface area contributed by atoms with Gasteiger partial charge in [-0.15, -0.1) is 0 Å². The van der Waals surface area contributed by atoms with Gasteiger partial charge in [-0.3, -0.25) is 0 Å². The fourth-order valence-electron chi connectivity index (χ4n) is 1.09. The molecule has 0 radical (unpaired) electrons. The first-order valence-electron chi connectivity index (χ1n) is 7.06. The molecule has 22 heavy (non-hydrogen) atoms. The van der Waals surface area contributed by atoms with Crippen molar-refractivity contribution in [1.82, 2.24) is 0 Å². The van der Waals surface area contributed by atoms with E-state index < -0.39 is 11.9 Å². The van der Waals surface area contributed by atoms with Crippen molar-refractivity contribution >= 4 is 11.9 Å². The molecule has 0 aliphatic rings. The van der Waals surface area contributed by atoms with Crippen molar-refractivity contribution < 1.29 is 19.1 Å². The SMILES string of the molecule is C=C(C(=O)OCC#CCOC(=O)C(=C)C(C)(C)C)C(C)(C)C. The number of hydrogen-bond acceptors (Lipinski definition) is 4. The lowest BCUT2D eigenvalue weighted by Gasteiger charge is -2.19. The van der Waals surface area contributed by atoms with Crippen LogP contribution >= 0.6 is 0 Å². The highest BCUT2D eigenvalue weighted by Gasteiger charge is 2.23. The van der Waals surface area contributed by atoms with Crippen molar-refractivity contribution in [2.45, 2.75) is 41.5 Å². The number of hydrogen-bond donors (Lipinski definition) is 0. The fraction of sp³-hybridized carbons (Fsp3) is 0.556. The van der Waals surface area contributed by atoms with Gasteiger partial charge in [-0.05, 0) is 10.8 Å². The highest BCUT2D eigenvalue weighted by Crippen LogP contribution is 2.24. The van der Waals surface area contributed by atoms with Gasteiger partial charge in [-0.1, -0.05) is 66.5 Å². The summed E-state index contributed by atoms with van der Waals surface area (Å²) in [5.41, 5.74) is 0.102. The van der Waals surface area contributed by atoms with E-state index in [4.69, 9.17) is 9.47 Å². The molecule has 0 atom stereocenters. The molecule has 0 bridgehead atoms. The zero-order valence-electron chi connectivity index (χ0n) is 14.5. The number of rotatable bonds is 4. The monoisotopic (exact) mass is 306 g/mol. The molecule has 0 aliphatic heterocycles. The molecule has 0 aromatic carbocycles. The lowest BCUT2D eigenvalue weighted by molar-refractivity contribution is -0.139. The number of ether oxygens (including phenoxy) is 2. The second-order valence-corrected chi connectivity index (χ2v) is 6.96. The number of carbonyl (C=O) groups is 2. The Balaban J connectivity index is 4.16. The van der Waals surface area contributed by atoms with E-state index in [1.807, 2.05) is 41.5 Å². The molecule has 0 aromatic heterocycles. The standard InChI is InChI=1S/C18H26O4/c1-13(17(3,4)5)15(19)21-11-9-10-12-22-16(20)14(2)18(6,7)8/h1-2,11-12H2,3-8H3. The molecule has 4 heteroatoms. The van der Waals surface area contributed by atoms with Crippen molar-refractivity contribution in [2.75, 3.05) is 13.2 Å². The molecule has 0 rings (SSSR count). The van der Waals surface area contributed by atoms with E-state index in [-0.39, 0.29) is 24.0 Å². The minimum atomic E-state index is -0.472. The van der Waals surface area contributed by atoms with Crippen LogP contribution < -0.4 is 0 Å². The molecule has 0 unspecified atom stereocenters. The molecule has 0 N–H and O–H groups in total. The van der Waals surface area contributed by atoms with Crippen molar-refractivity contribution in [3.63, 3.8) is 0 Å². The Hall–Kier alpha value is -2.02. The highest BCUT2D eigenvalue weighted by molar-refractivity contribution is 5.89. The summed E-state index contributed by atoms with van der Waals surface area (Å²) in [6, 6.07) is 0. The first kappa shape index (κ1) is 20.0. The molecule has 0 heterocycles. The Labute approximate surface area is 133 Å². The van der Waals surface area contributed by atoms with Crippen LogP contribution in [0.4, 0.5) is 0 Å². The summed E-state index contributed by atoms with van der Waals surface area (Å²) in [7, 11) is 0. The second kappa shape index (κ2) is 7.84. The van der Waals surface area contributed by atoms with Crippen molar-refractivity contribution in [2.24, 2.45) is 10.8 Å². The van der Waals surface area contributed by atoms with E-state index in [0.29, 0.717) is 11.1 Å². The minimum absolute atomic E-state index is 0.0638. The Kier molecular flexibility index (Phi) is 7.12. The Bertz CT molecular complexity index is 470. The zero-order valence-corrected chi connectivity index (χ0v) is 14.5. The van der Waals surface area contributed by atoms with Gasteiger partial charge in [0, 0.05) is 11.1 Å². The molecule has 0 spiro atoms. The maximum absolute atomic E-state index is 11.6. The third-order valence-corrected chi connectivity index (χ3v) is 2.98.